The summed E-state index contributed by atoms with van der Waals surface area (Å²) >= 11 is 0. The third-order valence-corrected chi connectivity index (χ3v) is 2.04. The van der Waals surface area contributed by atoms with Gasteiger partial charge < -0.3 is 9.84 Å². The Kier molecular flexibility index (Phi) is 2.24. The van der Waals surface area contributed by atoms with Gasteiger partial charge in [0.05, 0.1) is 24.0 Å². The number of carboxylic acid groups (broad SMARTS) is 1. The van der Waals surface area contributed by atoms with Crippen LogP contribution in [0.3, 0.4) is 0 Å². The van der Waals surface area contributed by atoms with Crippen molar-refractivity contribution in [3.8, 4) is 0 Å². The van der Waals surface area contributed by atoms with Crippen molar-refractivity contribution >= 4 is 17.7 Å². The molecule has 1 aliphatic rings. The molecule has 78 valence electrons. The van der Waals surface area contributed by atoms with Crippen LogP contribution in [0.5, 0.6) is 0 Å². The van der Waals surface area contributed by atoms with Gasteiger partial charge in [-0.3, -0.25) is 9.88 Å². The molecule has 0 atom stereocenters. The van der Waals surface area contributed by atoms with Crippen LogP contribution in [0.15, 0.2) is 18.5 Å². The second-order valence-electron chi connectivity index (χ2n) is 3.00. The maximum absolute atomic E-state index is 11.2. The molecule has 15 heavy (non-hydrogen) atoms. The SMILES string of the molecule is O=C(O)c1cncc(N2CCOC2=O)c1. The quantitative estimate of drug-likeness (QED) is 0.775. The summed E-state index contributed by atoms with van der Waals surface area (Å²) in [7, 11) is 0. The summed E-state index contributed by atoms with van der Waals surface area (Å²) in [5.74, 6) is -1.07. The lowest BCUT2D eigenvalue weighted by atomic mass is 10.2. The molecular weight excluding hydrogens is 200 g/mol. The molecule has 1 N–H and O–H groups in total. The van der Waals surface area contributed by atoms with E-state index >= 15 is 0 Å². The highest BCUT2D eigenvalue weighted by Gasteiger charge is 2.24. The fourth-order valence-electron chi connectivity index (χ4n) is 1.32. The van der Waals surface area contributed by atoms with Crippen molar-refractivity contribution in [1.82, 2.24) is 4.98 Å². The monoisotopic (exact) mass is 208 g/mol. The Morgan fingerprint density at radius 2 is 2.33 bits per heavy atom. The molecule has 6 nitrogen and oxygen atoms in total. The summed E-state index contributed by atoms with van der Waals surface area (Å²) in [5.41, 5.74) is 0.490. The van der Waals surface area contributed by atoms with Crippen LogP contribution in [0.1, 0.15) is 10.4 Å². The molecule has 0 unspecified atom stereocenters. The fraction of sp³-hybridized carbons (Fsp3) is 0.222. The van der Waals surface area contributed by atoms with Crippen LogP contribution in [-0.2, 0) is 4.74 Å². The van der Waals surface area contributed by atoms with E-state index in [9.17, 15) is 9.59 Å². The van der Waals surface area contributed by atoms with Crippen LogP contribution in [0, 0.1) is 0 Å². The van der Waals surface area contributed by atoms with Crippen molar-refractivity contribution in [2.24, 2.45) is 0 Å². The number of hydrogen-bond acceptors (Lipinski definition) is 4. The van der Waals surface area contributed by atoms with Gasteiger partial charge >= 0.3 is 12.1 Å². The largest absolute Gasteiger partial charge is 0.478 e. The van der Waals surface area contributed by atoms with Gasteiger partial charge in [0.15, 0.2) is 0 Å². The van der Waals surface area contributed by atoms with E-state index in [2.05, 4.69) is 4.98 Å². The van der Waals surface area contributed by atoms with Crippen LogP contribution in [0.4, 0.5) is 10.5 Å². The lowest BCUT2D eigenvalue weighted by Crippen LogP contribution is -2.23. The van der Waals surface area contributed by atoms with Crippen molar-refractivity contribution < 1.29 is 19.4 Å². The van der Waals surface area contributed by atoms with Gasteiger partial charge in [-0.25, -0.2) is 9.59 Å². The molecule has 0 bridgehead atoms. The van der Waals surface area contributed by atoms with Crippen molar-refractivity contribution in [1.29, 1.82) is 0 Å². The van der Waals surface area contributed by atoms with Crippen molar-refractivity contribution in [2.75, 3.05) is 18.1 Å². The average molecular weight is 208 g/mol. The molecule has 1 aromatic rings. The van der Waals surface area contributed by atoms with Crippen molar-refractivity contribution in [2.45, 2.75) is 0 Å². The van der Waals surface area contributed by atoms with Gasteiger partial charge in [0.2, 0.25) is 0 Å². The molecule has 1 saturated heterocycles. The third kappa shape index (κ3) is 1.74. The minimum atomic E-state index is -1.07. The van der Waals surface area contributed by atoms with E-state index in [-0.39, 0.29) is 5.56 Å². The van der Waals surface area contributed by atoms with E-state index in [4.69, 9.17) is 9.84 Å². The van der Waals surface area contributed by atoms with E-state index < -0.39 is 12.1 Å². The smallest absolute Gasteiger partial charge is 0.414 e. The number of aromatic nitrogens is 1. The highest BCUT2D eigenvalue weighted by molar-refractivity contribution is 5.92. The number of carboxylic acids is 1. The van der Waals surface area contributed by atoms with E-state index in [1.165, 1.54) is 23.4 Å². The number of aromatic carboxylic acids is 1. The first kappa shape index (κ1) is 9.45. The van der Waals surface area contributed by atoms with Gasteiger partial charge in [-0.2, -0.15) is 0 Å². The summed E-state index contributed by atoms with van der Waals surface area (Å²) in [5, 5.41) is 8.74. The minimum Gasteiger partial charge on any atom is -0.478 e. The Labute approximate surface area is 85.1 Å². The Morgan fingerprint density at radius 3 is 2.93 bits per heavy atom. The van der Waals surface area contributed by atoms with Crippen LogP contribution >= 0.6 is 0 Å². The lowest BCUT2D eigenvalue weighted by molar-refractivity contribution is 0.0696. The van der Waals surface area contributed by atoms with Crippen LogP contribution < -0.4 is 4.90 Å². The van der Waals surface area contributed by atoms with Crippen molar-refractivity contribution in [3.63, 3.8) is 0 Å². The number of carbonyl (C=O) groups excluding carboxylic acids is 1. The third-order valence-electron chi connectivity index (χ3n) is 2.04. The molecule has 0 aromatic carbocycles. The molecule has 2 rings (SSSR count). The molecule has 0 aliphatic carbocycles. The average Bonchev–Trinajstić information content (AvgIpc) is 2.64. The second kappa shape index (κ2) is 3.56. The van der Waals surface area contributed by atoms with Crippen LogP contribution in [0.2, 0.25) is 0 Å². The zero-order chi connectivity index (χ0) is 10.8. The number of hydrogen-bond donors (Lipinski definition) is 1. The van der Waals surface area contributed by atoms with Crippen LogP contribution in [-0.4, -0.2) is 35.3 Å². The van der Waals surface area contributed by atoms with Crippen LogP contribution in [0.25, 0.3) is 0 Å². The molecule has 6 heteroatoms. The van der Waals surface area contributed by atoms with E-state index in [1.807, 2.05) is 0 Å². The molecule has 1 amide bonds. The molecule has 0 spiro atoms. The van der Waals surface area contributed by atoms with Gasteiger partial charge in [-0.15, -0.1) is 0 Å². The predicted octanol–water partition coefficient (Wildman–Crippen LogP) is 0.736. The zero-order valence-corrected chi connectivity index (χ0v) is 7.71. The molecule has 1 aromatic heterocycles. The number of ether oxygens (including phenoxy) is 1. The first-order chi connectivity index (χ1) is 7.18. The number of pyridine rings is 1. The summed E-state index contributed by atoms with van der Waals surface area (Å²) in [6, 6.07) is 1.39. The minimum absolute atomic E-state index is 0.0483. The summed E-state index contributed by atoms with van der Waals surface area (Å²) in [6.07, 6.45) is 2.19. The fourth-order valence-corrected chi connectivity index (χ4v) is 1.32. The lowest BCUT2D eigenvalue weighted by Gasteiger charge is -2.11. The van der Waals surface area contributed by atoms with E-state index in [0.717, 1.165) is 0 Å². The molecule has 0 saturated carbocycles. The van der Waals surface area contributed by atoms with Gasteiger partial charge in [-0.1, -0.05) is 0 Å². The van der Waals surface area contributed by atoms with Gasteiger partial charge in [0, 0.05) is 6.20 Å². The number of amides is 1. The Morgan fingerprint density at radius 1 is 1.53 bits per heavy atom. The summed E-state index contributed by atoms with van der Waals surface area (Å²) in [6.45, 7) is 0.736. The number of nitrogens with zero attached hydrogens (tertiary/aromatic N) is 2. The molecule has 1 aliphatic heterocycles. The number of anilines is 1. The van der Waals surface area contributed by atoms with Gasteiger partial charge in [0.25, 0.3) is 0 Å². The standard InChI is InChI=1S/C9H8N2O4/c12-8(13)6-3-7(5-10-4-6)11-1-2-15-9(11)14/h3-5H,1-2H2,(H,12,13). The number of carbonyl (C=O) groups is 2. The molecule has 1 fully saturated rings. The van der Waals surface area contributed by atoms with E-state index in [0.29, 0.717) is 18.8 Å². The maximum Gasteiger partial charge on any atom is 0.414 e. The second-order valence-corrected chi connectivity index (χ2v) is 3.00. The highest BCUT2D eigenvalue weighted by Crippen LogP contribution is 2.18. The Bertz CT molecular complexity index is 418. The normalized spacial score (nSPS) is 15.2. The Hall–Kier alpha value is -2.11. The number of rotatable bonds is 2. The van der Waals surface area contributed by atoms with E-state index in [1.54, 1.807) is 0 Å². The molecule has 2 heterocycles. The topological polar surface area (TPSA) is 79.7 Å². The first-order valence-corrected chi connectivity index (χ1v) is 4.31. The highest BCUT2D eigenvalue weighted by atomic mass is 16.6. The first-order valence-electron chi connectivity index (χ1n) is 4.31. The zero-order valence-electron chi connectivity index (χ0n) is 7.71. The number of cyclic esters (lactones) is 1. The maximum atomic E-state index is 11.2. The predicted molar refractivity (Wildman–Crippen MR) is 49.9 cm³/mol. The van der Waals surface area contributed by atoms with Crippen molar-refractivity contribution in [3.05, 3.63) is 24.0 Å². The molecular formula is C9H8N2O4. The Balaban J connectivity index is 2.32. The summed E-state index contributed by atoms with van der Waals surface area (Å²) < 4.78 is 4.73. The summed E-state index contributed by atoms with van der Waals surface area (Å²) in [4.78, 5) is 27.0. The molecule has 0 radical (unpaired) electrons. The van der Waals surface area contributed by atoms with Gasteiger partial charge in [0.1, 0.15) is 6.61 Å². The van der Waals surface area contributed by atoms with Gasteiger partial charge in [-0.05, 0) is 6.07 Å².